The maximum atomic E-state index is 5.63. The maximum absolute atomic E-state index is 5.63. The highest BCUT2D eigenvalue weighted by atomic mass is 14.3. The molecular weight excluding hydrogens is 276 g/mol. The minimum Gasteiger partial charge on any atom is -0.119 e. The lowest BCUT2D eigenvalue weighted by atomic mass is 9.76. The van der Waals surface area contributed by atoms with Gasteiger partial charge in [-0.25, -0.2) is 0 Å². The molecule has 0 nitrogen and oxygen atoms in total. The Morgan fingerprint density at radius 2 is 1.74 bits per heavy atom. The molecule has 2 aromatic carbocycles. The van der Waals surface area contributed by atoms with Crippen LogP contribution in [-0.4, -0.2) is 0 Å². The molecule has 110 valence electrons. The van der Waals surface area contributed by atoms with Crippen LogP contribution in [0.3, 0.4) is 0 Å². The fourth-order valence-corrected chi connectivity index (χ4v) is 3.58. The Hall–Kier alpha value is -2.78. The van der Waals surface area contributed by atoms with Crippen molar-refractivity contribution in [3.63, 3.8) is 0 Å². The predicted molar refractivity (Wildman–Crippen MR) is 96.9 cm³/mol. The van der Waals surface area contributed by atoms with Gasteiger partial charge in [0.05, 0.1) is 5.92 Å². The highest BCUT2D eigenvalue weighted by Gasteiger charge is 2.25. The molecule has 0 bridgehead atoms. The van der Waals surface area contributed by atoms with Crippen molar-refractivity contribution in [1.29, 1.82) is 0 Å². The second-order valence-electron chi connectivity index (χ2n) is 6.18. The van der Waals surface area contributed by atoms with Gasteiger partial charge in [0.2, 0.25) is 0 Å². The molecule has 0 radical (unpaired) electrons. The quantitative estimate of drug-likeness (QED) is 0.642. The number of allylic oxidation sites excluding steroid dienone is 5. The molecule has 0 unspecified atom stereocenters. The number of benzene rings is 2. The first kappa shape index (κ1) is 13.9. The fourth-order valence-electron chi connectivity index (χ4n) is 3.58. The van der Waals surface area contributed by atoms with E-state index in [1.54, 1.807) is 0 Å². The lowest BCUT2D eigenvalue weighted by Gasteiger charge is -2.28. The van der Waals surface area contributed by atoms with E-state index in [2.05, 4.69) is 79.6 Å². The molecule has 0 N–H and O–H groups in total. The summed E-state index contributed by atoms with van der Waals surface area (Å²) >= 11 is 0. The molecule has 23 heavy (non-hydrogen) atoms. The van der Waals surface area contributed by atoms with Crippen molar-refractivity contribution in [3.05, 3.63) is 100 Å². The Morgan fingerprint density at radius 3 is 2.52 bits per heavy atom. The molecule has 1 atom stereocenters. The van der Waals surface area contributed by atoms with Crippen LogP contribution in [0.15, 0.2) is 77.9 Å². The monoisotopic (exact) mass is 294 g/mol. The summed E-state index contributed by atoms with van der Waals surface area (Å²) in [5.74, 6) is 2.95. The van der Waals surface area contributed by atoms with E-state index in [-0.39, 0.29) is 5.92 Å². The molecule has 0 spiro atoms. The van der Waals surface area contributed by atoms with Crippen LogP contribution in [-0.2, 0) is 6.42 Å². The van der Waals surface area contributed by atoms with Crippen LogP contribution in [0.25, 0.3) is 5.57 Å². The van der Waals surface area contributed by atoms with Crippen molar-refractivity contribution < 1.29 is 0 Å². The van der Waals surface area contributed by atoms with Gasteiger partial charge in [-0.15, -0.1) is 6.42 Å². The largest absolute Gasteiger partial charge is 0.119 e. The number of hydrogen-bond acceptors (Lipinski definition) is 0. The molecule has 0 fully saturated rings. The number of hydrogen-bond donors (Lipinski definition) is 0. The highest BCUT2D eigenvalue weighted by Crippen LogP contribution is 2.42. The van der Waals surface area contributed by atoms with Crippen LogP contribution in [0.5, 0.6) is 0 Å². The molecule has 4 rings (SSSR count). The fraction of sp³-hybridized carbons (Fsp3) is 0.130. The van der Waals surface area contributed by atoms with Gasteiger partial charge < -0.3 is 0 Å². The van der Waals surface area contributed by atoms with E-state index in [0.29, 0.717) is 0 Å². The van der Waals surface area contributed by atoms with Gasteiger partial charge in [-0.05, 0) is 52.3 Å². The average Bonchev–Trinajstić information content (AvgIpc) is 2.60. The molecular formula is C23H18. The van der Waals surface area contributed by atoms with Crippen LogP contribution >= 0.6 is 0 Å². The van der Waals surface area contributed by atoms with E-state index in [1.807, 2.05) is 0 Å². The number of fused-ring (bicyclic) bond motifs is 2. The minimum atomic E-state index is 0.108. The average molecular weight is 294 g/mol. The van der Waals surface area contributed by atoms with Gasteiger partial charge in [0, 0.05) is 0 Å². The zero-order valence-corrected chi connectivity index (χ0v) is 13.2. The summed E-state index contributed by atoms with van der Waals surface area (Å²) in [4.78, 5) is 0. The van der Waals surface area contributed by atoms with Gasteiger partial charge >= 0.3 is 0 Å². The summed E-state index contributed by atoms with van der Waals surface area (Å²) in [7, 11) is 0. The first-order valence-electron chi connectivity index (χ1n) is 8.02. The molecule has 0 aliphatic heterocycles. The topological polar surface area (TPSA) is 0 Å². The van der Waals surface area contributed by atoms with Crippen LogP contribution in [0.2, 0.25) is 0 Å². The standard InChI is InChI=1S/C23H18/c1-3-17-12-13-22-19(14-17)15-18-9-5-7-11-21(18)23(22)20-10-6-4-8-16(20)2/h1,4-14,17H,15H2,2H3/t17-/m1/s1. The first-order valence-corrected chi connectivity index (χ1v) is 8.02. The zero-order valence-electron chi connectivity index (χ0n) is 13.2. The Labute approximate surface area is 137 Å². The van der Waals surface area contributed by atoms with Crippen LogP contribution in [0, 0.1) is 25.2 Å². The molecule has 0 heterocycles. The van der Waals surface area contributed by atoms with Gasteiger partial charge in [-0.3, -0.25) is 0 Å². The van der Waals surface area contributed by atoms with Crippen molar-refractivity contribution >= 4 is 5.57 Å². The molecule has 0 amide bonds. The second-order valence-corrected chi connectivity index (χ2v) is 6.18. The van der Waals surface area contributed by atoms with E-state index in [1.165, 1.54) is 39.0 Å². The van der Waals surface area contributed by atoms with Gasteiger partial charge in [0.25, 0.3) is 0 Å². The lowest BCUT2D eigenvalue weighted by Crippen LogP contribution is -2.12. The van der Waals surface area contributed by atoms with E-state index in [4.69, 9.17) is 6.42 Å². The van der Waals surface area contributed by atoms with E-state index < -0.39 is 0 Å². The van der Waals surface area contributed by atoms with Crippen molar-refractivity contribution in [1.82, 2.24) is 0 Å². The maximum Gasteiger partial charge on any atom is 0.0570 e. The normalized spacial score (nSPS) is 18.8. The van der Waals surface area contributed by atoms with Crippen molar-refractivity contribution in [2.75, 3.05) is 0 Å². The third-order valence-electron chi connectivity index (χ3n) is 4.74. The second kappa shape index (κ2) is 5.45. The Kier molecular flexibility index (Phi) is 3.28. The number of aryl methyl sites for hydroxylation is 1. The Bertz CT molecular complexity index is 913. The minimum absolute atomic E-state index is 0.108. The molecule has 0 aromatic heterocycles. The van der Waals surface area contributed by atoms with E-state index >= 15 is 0 Å². The number of rotatable bonds is 1. The zero-order chi connectivity index (χ0) is 15.8. The summed E-state index contributed by atoms with van der Waals surface area (Å²) in [5, 5.41) is 0. The molecule has 2 aliphatic rings. The Morgan fingerprint density at radius 1 is 1.00 bits per heavy atom. The van der Waals surface area contributed by atoms with Crippen LogP contribution < -0.4 is 0 Å². The smallest absolute Gasteiger partial charge is 0.0570 e. The molecule has 0 heteroatoms. The summed E-state index contributed by atoms with van der Waals surface area (Å²) in [6, 6.07) is 17.3. The third-order valence-corrected chi connectivity index (χ3v) is 4.74. The summed E-state index contributed by atoms with van der Waals surface area (Å²) in [6.45, 7) is 2.18. The summed E-state index contributed by atoms with van der Waals surface area (Å²) in [5.41, 5.74) is 9.35. The highest BCUT2D eigenvalue weighted by molar-refractivity contribution is 5.91. The lowest BCUT2D eigenvalue weighted by molar-refractivity contribution is 1.01. The predicted octanol–water partition coefficient (Wildman–Crippen LogP) is 5.10. The Balaban J connectivity index is 2.03. The van der Waals surface area contributed by atoms with Crippen LogP contribution in [0.1, 0.15) is 22.3 Å². The summed E-state index contributed by atoms with van der Waals surface area (Å²) < 4.78 is 0. The SMILES string of the molecule is C#C[C@@H]1C=CC2=C(c3ccccc3C)c3ccccc3CC2=C1. The molecule has 0 saturated heterocycles. The van der Waals surface area contributed by atoms with Crippen LogP contribution in [0.4, 0.5) is 0 Å². The van der Waals surface area contributed by atoms with Crippen molar-refractivity contribution in [2.24, 2.45) is 5.92 Å². The van der Waals surface area contributed by atoms with E-state index in [0.717, 1.165) is 6.42 Å². The number of terminal acetylenes is 1. The van der Waals surface area contributed by atoms with Gasteiger partial charge in [0.15, 0.2) is 0 Å². The van der Waals surface area contributed by atoms with E-state index in [9.17, 15) is 0 Å². The summed E-state index contributed by atoms with van der Waals surface area (Å²) in [6.07, 6.45) is 13.2. The first-order chi connectivity index (χ1) is 11.3. The molecule has 0 saturated carbocycles. The van der Waals surface area contributed by atoms with Crippen molar-refractivity contribution in [2.45, 2.75) is 13.3 Å². The third kappa shape index (κ3) is 2.26. The van der Waals surface area contributed by atoms with Crippen molar-refractivity contribution in [3.8, 4) is 12.3 Å². The van der Waals surface area contributed by atoms with Gasteiger partial charge in [-0.1, -0.05) is 72.7 Å². The molecule has 2 aliphatic carbocycles. The molecule has 2 aromatic rings. The van der Waals surface area contributed by atoms with Gasteiger partial charge in [-0.2, -0.15) is 0 Å². The van der Waals surface area contributed by atoms with Gasteiger partial charge in [0.1, 0.15) is 0 Å².